The molecule has 1 amide bonds. The summed E-state index contributed by atoms with van der Waals surface area (Å²) >= 11 is 0. The van der Waals surface area contributed by atoms with Crippen LogP contribution in [0.15, 0.2) is 72.8 Å². The molecule has 0 saturated carbocycles. The van der Waals surface area contributed by atoms with Gasteiger partial charge in [0.1, 0.15) is 0 Å². The maximum Gasteiger partial charge on any atom is 0.244 e. The van der Waals surface area contributed by atoms with Crippen LogP contribution in [0.2, 0.25) is 0 Å². The maximum absolute atomic E-state index is 11.8. The molecule has 108 valence electrons. The summed E-state index contributed by atoms with van der Waals surface area (Å²) in [6.45, 7) is 0.523. The van der Waals surface area contributed by atoms with Crippen LogP contribution in [0.5, 0.6) is 0 Å². The van der Waals surface area contributed by atoms with Crippen LogP contribution in [0.3, 0.4) is 0 Å². The molecule has 0 bridgehead atoms. The summed E-state index contributed by atoms with van der Waals surface area (Å²) < 4.78 is 0. The first-order valence-corrected chi connectivity index (χ1v) is 7.17. The van der Waals surface area contributed by atoms with Gasteiger partial charge in [0.25, 0.3) is 0 Å². The lowest BCUT2D eigenvalue weighted by molar-refractivity contribution is -0.116. The fourth-order valence-corrected chi connectivity index (χ4v) is 2.18. The van der Waals surface area contributed by atoms with Gasteiger partial charge in [-0.05, 0) is 23.8 Å². The van der Waals surface area contributed by atoms with Gasteiger partial charge in [-0.25, -0.2) is 4.98 Å². The fraction of sp³-hybridized carbons (Fsp3) is 0.0526. The molecule has 22 heavy (non-hydrogen) atoms. The first kappa shape index (κ1) is 14.0. The van der Waals surface area contributed by atoms with Crippen LogP contribution in [0, 0.1) is 0 Å². The Bertz CT molecular complexity index is 810. The third-order valence-corrected chi connectivity index (χ3v) is 3.33. The highest BCUT2D eigenvalue weighted by molar-refractivity contribution is 5.91. The standard InChI is InChI=1S/C19H16N2O/c22-19(20-14-15-6-2-1-3-7-15)13-12-17-11-10-16-8-4-5-9-18(16)21-17/h1-13H,14H2,(H,20,22)/b13-12+. The summed E-state index contributed by atoms with van der Waals surface area (Å²) in [5, 5.41) is 3.94. The van der Waals surface area contributed by atoms with E-state index in [1.807, 2.05) is 66.7 Å². The van der Waals surface area contributed by atoms with Crippen molar-refractivity contribution in [1.29, 1.82) is 0 Å². The molecule has 0 fully saturated rings. The molecule has 0 atom stereocenters. The van der Waals surface area contributed by atoms with Gasteiger partial charge in [0.15, 0.2) is 0 Å². The molecular weight excluding hydrogens is 272 g/mol. The molecule has 3 rings (SSSR count). The van der Waals surface area contributed by atoms with Crippen LogP contribution in [-0.2, 0) is 11.3 Å². The van der Waals surface area contributed by atoms with Crippen molar-refractivity contribution in [1.82, 2.24) is 10.3 Å². The Labute approximate surface area is 129 Å². The van der Waals surface area contributed by atoms with Gasteiger partial charge in [-0.3, -0.25) is 4.79 Å². The first-order valence-electron chi connectivity index (χ1n) is 7.17. The van der Waals surface area contributed by atoms with Crippen LogP contribution >= 0.6 is 0 Å². The predicted molar refractivity (Wildman–Crippen MR) is 89.1 cm³/mol. The fourth-order valence-electron chi connectivity index (χ4n) is 2.18. The van der Waals surface area contributed by atoms with Crippen molar-refractivity contribution in [2.24, 2.45) is 0 Å². The topological polar surface area (TPSA) is 42.0 Å². The molecule has 1 aromatic heterocycles. The molecule has 0 radical (unpaired) electrons. The Hall–Kier alpha value is -2.94. The largest absolute Gasteiger partial charge is 0.348 e. The minimum Gasteiger partial charge on any atom is -0.348 e. The molecule has 1 N–H and O–H groups in total. The Morgan fingerprint density at radius 2 is 1.73 bits per heavy atom. The second-order valence-electron chi connectivity index (χ2n) is 4.97. The number of carbonyl (C=O) groups is 1. The van der Waals surface area contributed by atoms with Crippen molar-refractivity contribution in [3.63, 3.8) is 0 Å². The zero-order chi connectivity index (χ0) is 15.2. The highest BCUT2D eigenvalue weighted by Gasteiger charge is 1.98. The zero-order valence-corrected chi connectivity index (χ0v) is 12.1. The second-order valence-corrected chi connectivity index (χ2v) is 4.97. The average molecular weight is 288 g/mol. The number of carbonyl (C=O) groups excluding carboxylic acids is 1. The molecule has 0 aliphatic rings. The number of benzene rings is 2. The number of pyridine rings is 1. The van der Waals surface area contributed by atoms with Crippen LogP contribution in [-0.4, -0.2) is 10.9 Å². The zero-order valence-electron chi connectivity index (χ0n) is 12.1. The summed E-state index contributed by atoms with van der Waals surface area (Å²) in [7, 11) is 0. The number of para-hydroxylation sites is 1. The summed E-state index contributed by atoms with van der Waals surface area (Å²) in [5.74, 6) is -0.126. The van der Waals surface area contributed by atoms with Gasteiger partial charge in [-0.2, -0.15) is 0 Å². The minimum atomic E-state index is -0.126. The van der Waals surface area contributed by atoms with E-state index >= 15 is 0 Å². The summed E-state index contributed by atoms with van der Waals surface area (Å²) in [6, 6.07) is 21.6. The van der Waals surface area contributed by atoms with Crippen molar-refractivity contribution in [2.75, 3.05) is 0 Å². The molecule has 2 aromatic carbocycles. The summed E-state index contributed by atoms with van der Waals surface area (Å²) in [6.07, 6.45) is 3.24. The van der Waals surface area contributed by atoms with E-state index in [1.165, 1.54) is 6.08 Å². The number of nitrogens with one attached hydrogen (secondary N) is 1. The Balaban J connectivity index is 1.63. The highest BCUT2D eigenvalue weighted by atomic mass is 16.1. The molecular formula is C19H16N2O. The number of hydrogen-bond donors (Lipinski definition) is 1. The molecule has 3 aromatic rings. The summed E-state index contributed by atoms with van der Waals surface area (Å²) in [4.78, 5) is 16.3. The number of nitrogens with zero attached hydrogens (tertiary/aromatic N) is 1. The number of aromatic nitrogens is 1. The van der Waals surface area contributed by atoms with Crippen LogP contribution in [0.4, 0.5) is 0 Å². The lowest BCUT2D eigenvalue weighted by atomic mass is 10.2. The number of fused-ring (bicyclic) bond motifs is 1. The molecule has 1 heterocycles. The van der Waals surface area contributed by atoms with Crippen molar-refractivity contribution < 1.29 is 4.79 Å². The van der Waals surface area contributed by atoms with Gasteiger partial charge in [0.2, 0.25) is 5.91 Å². The van der Waals surface area contributed by atoms with Crippen molar-refractivity contribution in [2.45, 2.75) is 6.54 Å². The highest BCUT2D eigenvalue weighted by Crippen LogP contribution is 2.12. The minimum absolute atomic E-state index is 0.126. The smallest absolute Gasteiger partial charge is 0.244 e. The van der Waals surface area contributed by atoms with E-state index in [4.69, 9.17) is 0 Å². The molecule has 3 nitrogen and oxygen atoms in total. The van der Waals surface area contributed by atoms with E-state index in [0.29, 0.717) is 6.54 Å². The third kappa shape index (κ3) is 3.58. The van der Waals surface area contributed by atoms with E-state index in [-0.39, 0.29) is 5.91 Å². The predicted octanol–water partition coefficient (Wildman–Crippen LogP) is 3.56. The van der Waals surface area contributed by atoms with Gasteiger partial charge in [-0.15, -0.1) is 0 Å². The number of hydrogen-bond acceptors (Lipinski definition) is 2. The quantitative estimate of drug-likeness (QED) is 0.746. The Morgan fingerprint density at radius 3 is 2.59 bits per heavy atom. The molecule has 0 spiro atoms. The van der Waals surface area contributed by atoms with E-state index < -0.39 is 0 Å². The van der Waals surface area contributed by atoms with E-state index in [1.54, 1.807) is 6.08 Å². The maximum atomic E-state index is 11.8. The third-order valence-electron chi connectivity index (χ3n) is 3.33. The normalized spacial score (nSPS) is 10.9. The first-order chi connectivity index (χ1) is 10.8. The van der Waals surface area contributed by atoms with Crippen LogP contribution in [0.25, 0.3) is 17.0 Å². The lowest BCUT2D eigenvalue weighted by Gasteiger charge is -2.02. The van der Waals surface area contributed by atoms with Gasteiger partial charge in [0.05, 0.1) is 11.2 Å². The average Bonchev–Trinajstić information content (AvgIpc) is 2.59. The molecule has 0 aliphatic heterocycles. The van der Waals surface area contributed by atoms with Crippen molar-refractivity contribution in [3.05, 3.63) is 84.1 Å². The monoisotopic (exact) mass is 288 g/mol. The van der Waals surface area contributed by atoms with Gasteiger partial charge >= 0.3 is 0 Å². The number of amides is 1. The van der Waals surface area contributed by atoms with E-state index in [9.17, 15) is 4.79 Å². The Morgan fingerprint density at radius 1 is 0.955 bits per heavy atom. The Kier molecular flexibility index (Phi) is 4.25. The van der Waals surface area contributed by atoms with E-state index in [2.05, 4.69) is 10.3 Å². The van der Waals surface area contributed by atoms with Crippen molar-refractivity contribution >= 4 is 22.9 Å². The van der Waals surface area contributed by atoms with Gasteiger partial charge in [-0.1, -0.05) is 54.6 Å². The summed E-state index contributed by atoms with van der Waals surface area (Å²) in [5.41, 5.74) is 2.77. The van der Waals surface area contributed by atoms with Crippen molar-refractivity contribution in [3.8, 4) is 0 Å². The van der Waals surface area contributed by atoms with Gasteiger partial charge in [0, 0.05) is 18.0 Å². The van der Waals surface area contributed by atoms with E-state index in [0.717, 1.165) is 22.2 Å². The van der Waals surface area contributed by atoms with Crippen LogP contribution < -0.4 is 5.32 Å². The number of rotatable bonds is 4. The van der Waals surface area contributed by atoms with Crippen LogP contribution in [0.1, 0.15) is 11.3 Å². The SMILES string of the molecule is O=C(/C=C/c1ccc2ccccc2n1)NCc1ccccc1. The second kappa shape index (κ2) is 6.68. The molecule has 0 unspecified atom stereocenters. The molecule has 3 heteroatoms. The lowest BCUT2D eigenvalue weighted by Crippen LogP contribution is -2.20. The molecule has 0 saturated heterocycles. The molecule has 0 aliphatic carbocycles. The van der Waals surface area contributed by atoms with Gasteiger partial charge < -0.3 is 5.32 Å².